The van der Waals surface area contributed by atoms with Gasteiger partial charge in [-0.2, -0.15) is 0 Å². The predicted molar refractivity (Wildman–Crippen MR) is 99.4 cm³/mol. The van der Waals surface area contributed by atoms with Crippen molar-refractivity contribution in [1.29, 1.82) is 0 Å². The van der Waals surface area contributed by atoms with E-state index >= 15 is 0 Å². The van der Waals surface area contributed by atoms with E-state index in [1.165, 1.54) is 16.8 Å². The quantitative estimate of drug-likeness (QED) is 0.780. The smallest absolute Gasteiger partial charge is 0.246 e. The number of rotatable bonds is 3. The number of carbonyl (C=O) groups is 2. The van der Waals surface area contributed by atoms with Crippen LogP contribution >= 0.6 is 0 Å². The summed E-state index contributed by atoms with van der Waals surface area (Å²) < 4.78 is 24.5. The monoisotopic (exact) mass is 379 g/mol. The topological polar surface area (TPSA) is 78.0 Å². The number of nitrogens with zero attached hydrogens (tertiary/aromatic N) is 3. The fourth-order valence-corrected chi connectivity index (χ4v) is 4.88. The maximum Gasteiger partial charge on any atom is 0.246 e. The van der Waals surface area contributed by atoms with Crippen molar-refractivity contribution in [1.82, 2.24) is 9.21 Å². The molecule has 7 nitrogen and oxygen atoms in total. The standard InChI is InChI=1S/C18H25N3O4S/c1-13-5-4-6-15(14(13)2)19-9-11-20(12-10-19)18(23)16-7-8-17(22)21(16)26(3,24)25/h4-6,16H,7-12H2,1-3H3. The summed E-state index contributed by atoms with van der Waals surface area (Å²) in [7, 11) is -3.72. The minimum absolute atomic E-state index is 0.103. The lowest BCUT2D eigenvalue weighted by Gasteiger charge is -2.38. The third-order valence-electron chi connectivity index (χ3n) is 5.31. The summed E-state index contributed by atoms with van der Waals surface area (Å²) in [6.07, 6.45) is 1.35. The van der Waals surface area contributed by atoms with Crippen LogP contribution in [0.25, 0.3) is 0 Å². The summed E-state index contributed by atoms with van der Waals surface area (Å²) in [5.74, 6) is -0.748. The first-order valence-electron chi connectivity index (χ1n) is 8.82. The normalized spacial score (nSPS) is 21.4. The molecule has 0 N–H and O–H groups in total. The fourth-order valence-electron chi connectivity index (χ4n) is 3.76. The predicted octanol–water partition coefficient (Wildman–Crippen LogP) is 0.903. The molecule has 2 aliphatic heterocycles. The molecule has 1 unspecified atom stereocenters. The van der Waals surface area contributed by atoms with E-state index in [4.69, 9.17) is 0 Å². The summed E-state index contributed by atoms with van der Waals surface area (Å²) in [5, 5.41) is 0. The van der Waals surface area contributed by atoms with Gasteiger partial charge in [-0.25, -0.2) is 12.7 Å². The van der Waals surface area contributed by atoms with Crippen molar-refractivity contribution in [3.05, 3.63) is 29.3 Å². The Morgan fingerprint density at radius 1 is 1.12 bits per heavy atom. The maximum absolute atomic E-state index is 12.8. The lowest BCUT2D eigenvalue weighted by molar-refractivity contribution is -0.138. The molecule has 2 amide bonds. The first-order valence-corrected chi connectivity index (χ1v) is 10.7. The van der Waals surface area contributed by atoms with E-state index in [9.17, 15) is 18.0 Å². The Hall–Kier alpha value is -2.09. The third kappa shape index (κ3) is 3.42. The van der Waals surface area contributed by atoms with E-state index in [1.54, 1.807) is 4.90 Å². The summed E-state index contributed by atoms with van der Waals surface area (Å²) in [6.45, 7) is 6.60. The van der Waals surface area contributed by atoms with Crippen LogP contribution in [-0.4, -0.2) is 67.9 Å². The zero-order valence-corrected chi connectivity index (χ0v) is 16.3. The van der Waals surface area contributed by atoms with Gasteiger partial charge in [0.2, 0.25) is 21.8 Å². The molecule has 1 aromatic carbocycles. The molecule has 0 saturated carbocycles. The molecule has 0 radical (unpaired) electrons. The van der Waals surface area contributed by atoms with E-state index in [-0.39, 0.29) is 18.7 Å². The minimum atomic E-state index is -3.72. The van der Waals surface area contributed by atoms with Crippen molar-refractivity contribution in [3.63, 3.8) is 0 Å². The first kappa shape index (κ1) is 18.7. The molecule has 0 aromatic heterocycles. The Bertz CT molecular complexity index is 829. The second-order valence-corrected chi connectivity index (χ2v) is 8.90. The van der Waals surface area contributed by atoms with Crippen LogP contribution in [0.5, 0.6) is 0 Å². The molecule has 8 heteroatoms. The molecule has 1 aromatic rings. The van der Waals surface area contributed by atoms with Crippen LogP contribution in [0.15, 0.2) is 18.2 Å². The SMILES string of the molecule is Cc1cccc(N2CCN(C(=O)C3CCC(=O)N3S(C)(=O)=O)CC2)c1C. The fraction of sp³-hybridized carbons (Fsp3) is 0.556. The average molecular weight is 379 g/mol. The zero-order chi connectivity index (χ0) is 19.1. The molecule has 0 spiro atoms. The van der Waals surface area contributed by atoms with E-state index in [2.05, 4.69) is 30.9 Å². The van der Waals surface area contributed by atoms with Crippen LogP contribution in [0.3, 0.4) is 0 Å². The second-order valence-electron chi connectivity index (χ2n) is 7.04. The highest BCUT2D eigenvalue weighted by atomic mass is 32.2. The highest BCUT2D eigenvalue weighted by molar-refractivity contribution is 7.89. The van der Waals surface area contributed by atoms with Gasteiger partial charge >= 0.3 is 0 Å². The van der Waals surface area contributed by atoms with Gasteiger partial charge in [-0.05, 0) is 37.5 Å². The van der Waals surface area contributed by atoms with Crippen molar-refractivity contribution in [2.75, 3.05) is 37.3 Å². The van der Waals surface area contributed by atoms with Crippen LogP contribution < -0.4 is 4.90 Å². The lowest BCUT2D eigenvalue weighted by atomic mass is 10.1. The Morgan fingerprint density at radius 2 is 1.77 bits per heavy atom. The van der Waals surface area contributed by atoms with Crippen molar-refractivity contribution >= 4 is 27.5 Å². The molecule has 26 heavy (non-hydrogen) atoms. The van der Waals surface area contributed by atoms with E-state index < -0.39 is 22.0 Å². The first-order chi connectivity index (χ1) is 12.2. The number of aryl methyl sites for hydroxylation is 1. The van der Waals surface area contributed by atoms with Crippen LogP contribution in [0, 0.1) is 13.8 Å². The molecule has 2 heterocycles. The molecule has 1 atom stereocenters. The van der Waals surface area contributed by atoms with E-state index in [0.717, 1.165) is 10.6 Å². The second kappa shape index (κ2) is 6.90. The van der Waals surface area contributed by atoms with Crippen LogP contribution in [0.1, 0.15) is 24.0 Å². The van der Waals surface area contributed by atoms with Crippen molar-refractivity contribution in [2.45, 2.75) is 32.7 Å². The van der Waals surface area contributed by atoms with Crippen LogP contribution in [-0.2, 0) is 19.6 Å². The number of hydrogen-bond acceptors (Lipinski definition) is 5. The Labute approximate surface area is 154 Å². The molecular weight excluding hydrogens is 354 g/mol. The minimum Gasteiger partial charge on any atom is -0.368 e. The molecular formula is C18H25N3O4S. The number of carbonyl (C=O) groups excluding carboxylic acids is 2. The number of anilines is 1. The number of benzene rings is 1. The highest BCUT2D eigenvalue weighted by Gasteiger charge is 2.43. The van der Waals surface area contributed by atoms with Gasteiger partial charge in [0.05, 0.1) is 6.26 Å². The average Bonchev–Trinajstić information content (AvgIpc) is 2.99. The van der Waals surface area contributed by atoms with Gasteiger partial charge in [-0.15, -0.1) is 0 Å². The van der Waals surface area contributed by atoms with Crippen molar-refractivity contribution in [3.8, 4) is 0 Å². The van der Waals surface area contributed by atoms with Gasteiger partial charge in [0.15, 0.2) is 0 Å². The van der Waals surface area contributed by atoms with Gasteiger partial charge < -0.3 is 9.80 Å². The maximum atomic E-state index is 12.8. The van der Waals surface area contributed by atoms with E-state index in [1.807, 2.05) is 6.07 Å². The Morgan fingerprint density at radius 3 is 2.38 bits per heavy atom. The number of hydrogen-bond donors (Lipinski definition) is 0. The Balaban J connectivity index is 1.69. The third-order valence-corrected chi connectivity index (χ3v) is 6.48. The molecule has 2 aliphatic rings. The molecule has 2 saturated heterocycles. The molecule has 3 rings (SSSR count). The molecule has 2 fully saturated rings. The van der Waals surface area contributed by atoms with Gasteiger partial charge in [-0.1, -0.05) is 12.1 Å². The van der Waals surface area contributed by atoms with Crippen LogP contribution in [0.4, 0.5) is 5.69 Å². The summed E-state index contributed by atoms with van der Waals surface area (Å²) in [6, 6.07) is 5.31. The number of piperazine rings is 1. The van der Waals surface area contributed by atoms with Gasteiger partial charge in [0.25, 0.3) is 0 Å². The zero-order valence-electron chi connectivity index (χ0n) is 15.4. The summed E-state index contributed by atoms with van der Waals surface area (Å²) in [5.41, 5.74) is 3.64. The summed E-state index contributed by atoms with van der Waals surface area (Å²) in [4.78, 5) is 28.6. The molecule has 142 valence electrons. The highest BCUT2D eigenvalue weighted by Crippen LogP contribution is 2.26. The molecule has 0 bridgehead atoms. The van der Waals surface area contributed by atoms with Gasteiger partial charge in [-0.3, -0.25) is 9.59 Å². The van der Waals surface area contributed by atoms with Crippen LogP contribution in [0.2, 0.25) is 0 Å². The van der Waals surface area contributed by atoms with Gasteiger partial charge in [0, 0.05) is 38.3 Å². The van der Waals surface area contributed by atoms with Crippen molar-refractivity contribution in [2.24, 2.45) is 0 Å². The molecule has 0 aliphatic carbocycles. The van der Waals surface area contributed by atoms with Crippen molar-refractivity contribution < 1.29 is 18.0 Å². The van der Waals surface area contributed by atoms with Gasteiger partial charge in [0.1, 0.15) is 6.04 Å². The largest absolute Gasteiger partial charge is 0.368 e. The number of sulfonamides is 1. The number of amides is 2. The van der Waals surface area contributed by atoms with E-state index in [0.29, 0.717) is 26.2 Å². The Kier molecular flexibility index (Phi) is 4.96. The summed E-state index contributed by atoms with van der Waals surface area (Å²) >= 11 is 0. The lowest BCUT2D eigenvalue weighted by Crippen LogP contribution is -2.55.